The van der Waals surface area contributed by atoms with Gasteiger partial charge in [-0.3, -0.25) is 9.59 Å². The molecule has 0 aliphatic heterocycles. The number of rotatable bonds is 9. The molecule has 0 aliphatic carbocycles. The van der Waals surface area contributed by atoms with E-state index in [0.29, 0.717) is 12.5 Å². The summed E-state index contributed by atoms with van der Waals surface area (Å²) in [6.07, 6.45) is 2.20. The second-order valence-corrected chi connectivity index (χ2v) is 5.68. The van der Waals surface area contributed by atoms with Crippen molar-refractivity contribution in [3.8, 4) is 0 Å². The second kappa shape index (κ2) is 10.0. The molecule has 0 fully saturated rings. The molecule has 0 saturated heterocycles. The Bertz CT molecular complexity index is 513. The normalized spacial score (nSPS) is 12.0. The summed E-state index contributed by atoms with van der Waals surface area (Å²) in [5.41, 5.74) is 2.36. The maximum Gasteiger partial charge on any atom is 0.245 e. The first-order valence-corrected chi connectivity index (χ1v) is 8.14. The summed E-state index contributed by atoms with van der Waals surface area (Å²) in [7, 11) is 1.50. The Morgan fingerprint density at radius 2 is 1.91 bits per heavy atom. The minimum Gasteiger partial charge on any atom is -0.382 e. The van der Waals surface area contributed by atoms with Crippen molar-refractivity contribution in [2.24, 2.45) is 0 Å². The monoisotopic (exact) mass is 320 g/mol. The molecule has 0 aliphatic rings. The third-order valence-electron chi connectivity index (χ3n) is 3.90. The molecule has 128 valence electrons. The third-order valence-corrected chi connectivity index (χ3v) is 3.90. The molecule has 0 saturated carbocycles. The zero-order valence-corrected chi connectivity index (χ0v) is 14.5. The van der Waals surface area contributed by atoms with Crippen LogP contribution in [0.5, 0.6) is 0 Å². The topological polar surface area (TPSA) is 67.4 Å². The number of hydrogen-bond donors (Lipinski definition) is 2. The first kappa shape index (κ1) is 19.2. The lowest BCUT2D eigenvalue weighted by Crippen LogP contribution is -2.48. The Morgan fingerprint density at radius 1 is 1.22 bits per heavy atom. The Labute approximate surface area is 138 Å². The molecule has 0 heterocycles. The molecule has 0 unspecified atom stereocenters. The Balaban J connectivity index is 2.67. The Morgan fingerprint density at radius 3 is 2.48 bits per heavy atom. The van der Waals surface area contributed by atoms with Gasteiger partial charge in [0.15, 0.2) is 0 Å². The van der Waals surface area contributed by atoms with Crippen LogP contribution in [0, 0.1) is 0 Å². The van der Waals surface area contributed by atoms with Crippen molar-refractivity contribution in [3.63, 3.8) is 0 Å². The lowest BCUT2D eigenvalue weighted by molar-refractivity contribution is -0.129. The molecular weight excluding hydrogens is 292 g/mol. The van der Waals surface area contributed by atoms with Crippen LogP contribution < -0.4 is 10.6 Å². The van der Waals surface area contributed by atoms with Gasteiger partial charge in [0.1, 0.15) is 6.04 Å². The van der Waals surface area contributed by atoms with Crippen LogP contribution in [0.4, 0.5) is 0 Å². The largest absolute Gasteiger partial charge is 0.382 e. The van der Waals surface area contributed by atoms with Crippen molar-refractivity contribution in [2.75, 3.05) is 13.7 Å². The summed E-state index contributed by atoms with van der Waals surface area (Å²) in [6, 6.07) is 7.63. The number of carbonyl (C=O) groups excluding carboxylic acids is 2. The molecule has 0 aromatic heterocycles. The van der Waals surface area contributed by atoms with Crippen LogP contribution in [-0.4, -0.2) is 31.6 Å². The summed E-state index contributed by atoms with van der Waals surface area (Å²) in [5.74, 6) is 0.0548. The molecule has 2 amide bonds. The van der Waals surface area contributed by atoms with E-state index in [1.165, 1.54) is 19.6 Å². The number of benzene rings is 1. The number of nitrogens with one attached hydrogen (secondary N) is 2. The number of hydrogen-bond acceptors (Lipinski definition) is 3. The van der Waals surface area contributed by atoms with E-state index in [4.69, 9.17) is 4.74 Å². The van der Waals surface area contributed by atoms with Gasteiger partial charge in [-0.15, -0.1) is 0 Å². The summed E-state index contributed by atoms with van der Waals surface area (Å²) < 4.78 is 4.98. The highest BCUT2D eigenvalue weighted by atomic mass is 16.5. The van der Waals surface area contributed by atoms with Crippen LogP contribution in [0.2, 0.25) is 0 Å². The van der Waals surface area contributed by atoms with Gasteiger partial charge in [-0.05, 0) is 29.9 Å². The van der Waals surface area contributed by atoms with E-state index in [1.807, 2.05) is 12.1 Å². The quantitative estimate of drug-likeness (QED) is 0.734. The number of carbonyl (C=O) groups is 2. The fraction of sp³-hybridized carbons (Fsp3) is 0.556. The van der Waals surface area contributed by atoms with Crippen molar-refractivity contribution in [3.05, 3.63) is 35.4 Å². The molecule has 2 N–H and O–H groups in total. The summed E-state index contributed by atoms with van der Waals surface area (Å²) in [4.78, 5) is 23.3. The molecule has 5 heteroatoms. The molecule has 1 aromatic rings. The smallest absolute Gasteiger partial charge is 0.245 e. The van der Waals surface area contributed by atoms with E-state index in [1.54, 1.807) is 0 Å². The van der Waals surface area contributed by atoms with Crippen molar-refractivity contribution in [2.45, 2.75) is 52.1 Å². The van der Waals surface area contributed by atoms with Crippen LogP contribution >= 0.6 is 0 Å². The summed E-state index contributed by atoms with van der Waals surface area (Å²) in [6.45, 7) is 6.34. The van der Waals surface area contributed by atoms with E-state index in [-0.39, 0.29) is 18.4 Å². The Kier molecular flexibility index (Phi) is 8.33. The van der Waals surface area contributed by atoms with Gasteiger partial charge in [-0.2, -0.15) is 0 Å². The molecular formula is C18H28N2O3. The fourth-order valence-electron chi connectivity index (χ4n) is 2.62. The summed E-state index contributed by atoms with van der Waals surface area (Å²) in [5, 5.41) is 5.45. The van der Waals surface area contributed by atoms with Crippen LogP contribution in [0.25, 0.3) is 0 Å². The van der Waals surface area contributed by atoms with Gasteiger partial charge in [0, 0.05) is 20.6 Å². The van der Waals surface area contributed by atoms with Crippen LogP contribution in [0.1, 0.15) is 50.7 Å². The van der Waals surface area contributed by atoms with E-state index in [2.05, 4.69) is 36.6 Å². The highest BCUT2D eigenvalue weighted by Crippen LogP contribution is 2.23. The minimum absolute atomic E-state index is 0.152. The Hall–Kier alpha value is -1.88. The zero-order chi connectivity index (χ0) is 17.2. The van der Waals surface area contributed by atoms with Crippen LogP contribution in [-0.2, 0) is 20.9 Å². The maximum atomic E-state index is 12.2. The van der Waals surface area contributed by atoms with Gasteiger partial charge in [0.2, 0.25) is 11.8 Å². The number of ether oxygens (including phenoxy) is 1. The van der Waals surface area contributed by atoms with Crippen molar-refractivity contribution < 1.29 is 14.3 Å². The van der Waals surface area contributed by atoms with E-state index >= 15 is 0 Å². The average Bonchev–Trinajstić information content (AvgIpc) is 2.53. The first-order valence-electron chi connectivity index (χ1n) is 8.14. The first-order chi connectivity index (χ1) is 11.0. The van der Waals surface area contributed by atoms with E-state index < -0.39 is 6.04 Å². The van der Waals surface area contributed by atoms with Gasteiger partial charge in [-0.1, -0.05) is 38.1 Å². The van der Waals surface area contributed by atoms with Crippen molar-refractivity contribution >= 4 is 11.8 Å². The van der Waals surface area contributed by atoms with Crippen LogP contribution in [0.15, 0.2) is 24.3 Å². The molecule has 5 nitrogen and oxygen atoms in total. The molecule has 1 rings (SSSR count). The maximum absolute atomic E-state index is 12.2. The minimum atomic E-state index is -0.667. The summed E-state index contributed by atoms with van der Waals surface area (Å²) >= 11 is 0. The van der Waals surface area contributed by atoms with Crippen LogP contribution in [0.3, 0.4) is 0 Å². The number of amides is 2. The highest BCUT2D eigenvalue weighted by Gasteiger charge is 2.18. The van der Waals surface area contributed by atoms with Crippen molar-refractivity contribution in [1.29, 1.82) is 0 Å². The molecule has 1 atom stereocenters. The highest BCUT2D eigenvalue weighted by molar-refractivity contribution is 5.86. The SMILES string of the molecule is CCC(CC)c1cccc(CNC(=O)[C@@H](COC)NC(C)=O)c1. The van der Waals surface area contributed by atoms with Gasteiger partial charge in [0.05, 0.1) is 6.61 Å². The predicted molar refractivity (Wildman–Crippen MR) is 91.1 cm³/mol. The van der Waals surface area contributed by atoms with Gasteiger partial charge >= 0.3 is 0 Å². The zero-order valence-electron chi connectivity index (χ0n) is 14.5. The fourth-order valence-corrected chi connectivity index (χ4v) is 2.62. The molecule has 0 bridgehead atoms. The predicted octanol–water partition coefficient (Wildman–Crippen LogP) is 2.36. The van der Waals surface area contributed by atoms with E-state index in [9.17, 15) is 9.59 Å². The molecule has 1 aromatic carbocycles. The molecule has 0 radical (unpaired) electrons. The standard InChI is InChI=1S/C18H28N2O3/c1-5-15(6-2)16-9-7-8-14(10-16)11-19-18(22)17(12-23-4)20-13(3)21/h7-10,15,17H,5-6,11-12H2,1-4H3,(H,19,22)(H,20,21)/t17-/m1/s1. The van der Waals surface area contributed by atoms with E-state index in [0.717, 1.165) is 18.4 Å². The van der Waals surface area contributed by atoms with Gasteiger partial charge < -0.3 is 15.4 Å². The molecule has 23 heavy (non-hydrogen) atoms. The van der Waals surface area contributed by atoms with Crippen molar-refractivity contribution in [1.82, 2.24) is 10.6 Å². The van der Waals surface area contributed by atoms with Gasteiger partial charge in [0.25, 0.3) is 0 Å². The lowest BCUT2D eigenvalue weighted by atomic mass is 9.93. The second-order valence-electron chi connectivity index (χ2n) is 5.68. The number of methoxy groups -OCH3 is 1. The molecule has 0 spiro atoms. The van der Waals surface area contributed by atoms with Gasteiger partial charge in [-0.25, -0.2) is 0 Å². The lowest BCUT2D eigenvalue weighted by Gasteiger charge is -2.17. The third kappa shape index (κ3) is 6.40. The average molecular weight is 320 g/mol.